The minimum atomic E-state index is -0.892. The molecule has 0 spiro atoms. The summed E-state index contributed by atoms with van der Waals surface area (Å²) in [5.41, 5.74) is 3.99. The molecule has 0 radical (unpaired) electrons. The van der Waals surface area contributed by atoms with Gasteiger partial charge < -0.3 is 10.2 Å². The normalized spacial score (nSPS) is 29.1. The zero-order valence-electron chi connectivity index (χ0n) is 23.2. The molecule has 0 aromatic rings. The average Bonchev–Trinajstić information content (AvgIpc) is 2.73. The van der Waals surface area contributed by atoms with Crippen LogP contribution in [0, 0.1) is 22.7 Å². The lowest BCUT2D eigenvalue weighted by Gasteiger charge is -2.39. The van der Waals surface area contributed by atoms with E-state index in [2.05, 4.69) is 27.7 Å². The monoisotopic (exact) mass is 500 g/mol. The van der Waals surface area contributed by atoms with Crippen LogP contribution in [0.2, 0.25) is 0 Å². The van der Waals surface area contributed by atoms with Crippen molar-refractivity contribution in [1.29, 1.82) is 0 Å². The number of carbonyl (C=O) groups is 4. The molecule has 0 aromatic carbocycles. The number of ketones is 2. The first-order valence-corrected chi connectivity index (χ1v) is 12.7. The van der Waals surface area contributed by atoms with Crippen LogP contribution < -0.4 is 0 Å². The van der Waals surface area contributed by atoms with Gasteiger partial charge in [0.05, 0.1) is 0 Å². The fourth-order valence-corrected chi connectivity index (χ4v) is 5.13. The Labute approximate surface area is 216 Å². The zero-order chi connectivity index (χ0) is 27.8. The second kappa shape index (κ2) is 13.0. The van der Waals surface area contributed by atoms with Gasteiger partial charge in [-0.2, -0.15) is 0 Å². The van der Waals surface area contributed by atoms with Crippen molar-refractivity contribution in [2.45, 2.75) is 93.9 Å². The maximum atomic E-state index is 11.5. The molecule has 2 rings (SSSR count). The molecule has 0 saturated carbocycles. The molecule has 0 fully saturated rings. The molecule has 6 nitrogen and oxygen atoms in total. The Morgan fingerprint density at radius 2 is 1.11 bits per heavy atom. The van der Waals surface area contributed by atoms with Crippen LogP contribution in [-0.2, 0) is 19.2 Å². The third-order valence-electron chi connectivity index (χ3n) is 8.56. The topological polar surface area (TPSA) is 109 Å². The summed E-state index contributed by atoms with van der Waals surface area (Å²) in [6.07, 6.45) is 10.5. The fourth-order valence-electron chi connectivity index (χ4n) is 5.13. The summed E-state index contributed by atoms with van der Waals surface area (Å²) in [5.74, 6) is -0.751. The Hall–Kier alpha value is -2.76. The van der Waals surface area contributed by atoms with Gasteiger partial charge in [0.1, 0.15) is 0 Å². The molecule has 2 aliphatic rings. The summed E-state index contributed by atoms with van der Waals surface area (Å²) in [5, 5.41) is 17.4. The second-order valence-electron chi connectivity index (χ2n) is 11.3. The van der Waals surface area contributed by atoms with Crippen molar-refractivity contribution < 1.29 is 29.4 Å². The molecular formula is C30H44O6. The van der Waals surface area contributed by atoms with E-state index in [0.717, 1.165) is 48.0 Å². The third kappa shape index (κ3) is 8.72. The molecule has 0 unspecified atom stereocenters. The molecule has 0 aliphatic heterocycles. The molecule has 6 heteroatoms. The fraction of sp³-hybridized carbons (Fsp3) is 0.600. The number of aliphatic carboxylic acids is 2. The van der Waals surface area contributed by atoms with Crippen LogP contribution >= 0.6 is 0 Å². The molecule has 2 N–H and O–H groups in total. The lowest BCUT2D eigenvalue weighted by Crippen LogP contribution is -2.32. The van der Waals surface area contributed by atoms with E-state index in [1.165, 1.54) is 12.2 Å². The number of carboxylic acids is 2. The Kier molecular flexibility index (Phi) is 11.3. The van der Waals surface area contributed by atoms with E-state index < -0.39 is 11.9 Å². The first-order valence-electron chi connectivity index (χ1n) is 12.7. The number of hydrogen-bond donors (Lipinski definition) is 2. The highest BCUT2D eigenvalue weighted by Gasteiger charge is 2.37. The summed E-state index contributed by atoms with van der Waals surface area (Å²) in [6, 6.07) is 0. The lowest BCUT2D eigenvalue weighted by molar-refractivity contribution is -0.132. The first-order chi connectivity index (χ1) is 16.5. The largest absolute Gasteiger partial charge is 0.478 e. The Morgan fingerprint density at radius 3 is 1.36 bits per heavy atom. The van der Waals surface area contributed by atoms with Crippen LogP contribution in [0.25, 0.3) is 0 Å². The predicted octanol–water partition coefficient (Wildman–Crippen LogP) is 6.72. The highest BCUT2D eigenvalue weighted by Crippen LogP contribution is 2.45. The maximum Gasteiger partial charge on any atom is 0.328 e. The predicted molar refractivity (Wildman–Crippen MR) is 143 cm³/mol. The summed E-state index contributed by atoms with van der Waals surface area (Å²) in [7, 11) is 0. The number of rotatable bonds is 8. The van der Waals surface area contributed by atoms with Gasteiger partial charge in [0.25, 0.3) is 0 Å². The van der Waals surface area contributed by atoms with Gasteiger partial charge in [0.2, 0.25) is 0 Å². The van der Waals surface area contributed by atoms with Gasteiger partial charge in [0, 0.05) is 25.0 Å². The van der Waals surface area contributed by atoms with Crippen LogP contribution in [0.15, 0.2) is 46.6 Å². The van der Waals surface area contributed by atoms with E-state index in [1.54, 1.807) is 12.2 Å². The minimum Gasteiger partial charge on any atom is -0.478 e. The molecule has 36 heavy (non-hydrogen) atoms. The molecule has 0 amide bonds. The van der Waals surface area contributed by atoms with Gasteiger partial charge in [-0.05, 0) is 88.2 Å². The van der Waals surface area contributed by atoms with Crippen molar-refractivity contribution in [3.63, 3.8) is 0 Å². The van der Waals surface area contributed by atoms with E-state index >= 15 is 0 Å². The van der Waals surface area contributed by atoms with Crippen molar-refractivity contribution in [3.05, 3.63) is 46.6 Å². The van der Waals surface area contributed by atoms with Gasteiger partial charge in [-0.25, -0.2) is 9.59 Å². The SMILES string of the molecule is CC1=CC(=O)C[C@@H](C)[C@]1(C)CC/C(C)=C/C(=O)O.CC1=CC(=O)C[C@@H](C)[C@]1(C)CC/C(C)=C/C(=O)O. The molecule has 2 aliphatic carbocycles. The van der Waals surface area contributed by atoms with Crippen molar-refractivity contribution in [2.24, 2.45) is 22.7 Å². The Bertz CT molecular complexity index is 915. The highest BCUT2D eigenvalue weighted by molar-refractivity contribution is 5.92. The van der Waals surface area contributed by atoms with Crippen molar-refractivity contribution in [3.8, 4) is 0 Å². The maximum absolute atomic E-state index is 11.5. The Morgan fingerprint density at radius 1 is 0.806 bits per heavy atom. The van der Waals surface area contributed by atoms with Crippen LogP contribution in [0.5, 0.6) is 0 Å². The molecular weight excluding hydrogens is 456 g/mol. The summed E-state index contributed by atoms with van der Waals surface area (Å²) in [6.45, 7) is 16.2. The van der Waals surface area contributed by atoms with E-state index in [9.17, 15) is 19.2 Å². The molecule has 4 atom stereocenters. The van der Waals surface area contributed by atoms with Gasteiger partial charge in [0.15, 0.2) is 11.6 Å². The van der Waals surface area contributed by atoms with E-state index in [-0.39, 0.29) is 22.4 Å². The highest BCUT2D eigenvalue weighted by atomic mass is 16.4. The minimum absolute atomic E-state index is 0.00150. The standard InChI is InChI=1S/2C15H22O3/c2*1-10(7-14(17)18)5-6-15(4)11(2)8-13(16)9-12(15)3/h2*7-8,12H,5-6,9H2,1-4H3,(H,17,18)/b2*10-7+/t2*12-,15-/m11/s1. The van der Waals surface area contributed by atoms with Crippen LogP contribution in [0.1, 0.15) is 93.9 Å². The van der Waals surface area contributed by atoms with Gasteiger partial charge >= 0.3 is 11.9 Å². The third-order valence-corrected chi connectivity index (χ3v) is 8.56. The lowest BCUT2D eigenvalue weighted by atomic mass is 9.64. The van der Waals surface area contributed by atoms with Crippen molar-refractivity contribution >= 4 is 23.5 Å². The number of carbonyl (C=O) groups excluding carboxylic acids is 2. The molecule has 0 aromatic heterocycles. The van der Waals surface area contributed by atoms with Crippen molar-refractivity contribution in [2.75, 3.05) is 0 Å². The van der Waals surface area contributed by atoms with Crippen molar-refractivity contribution in [1.82, 2.24) is 0 Å². The number of allylic oxidation sites excluding steroid dienone is 6. The van der Waals surface area contributed by atoms with E-state index in [0.29, 0.717) is 24.7 Å². The van der Waals surface area contributed by atoms with Crippen LogP contribution in [0.4, 0.5) is 0 Å². The molecule has 0 bridgehead atoms. The molecule has 0 heterocycles. The number of carboxylic acid groups (broad SMARTS) is 2. The summed E-state index contributed by atoms with van der Waals surface area (Å²) < 4.78 is 0. The number of hydrogen-bond acceptors (Lipinski definition) is 4. The molecule has 200 valence electrons. The summed E-state index contributed by atoms with van der Waals surface area (Å²) in [4.78, 5) is 44.1. The quantitative estimate of drug-likeness (QED) is 0.358. The smallest absolute Gasteiger partial charge is 0.328 e. The zero-order valence-corrected chi connectivity index (χ0v) is 23.2. The van der Waals surface area contributed by atoms with Gasteiger partial charge in [-0.15, -0.1) is 0 Å². The van der Waals surface area contributed by atoms with E-state index in [4.69, 9.17) is 10.2 Å². The van der Waals surface area contributed by atoms with Crippen LogP contribution in [0.3, 0.4) is 0 Å². The van der Waals surface area contributed by atoms with Gasteiger partial charge in [-0.3, -0.25) is 9.59 Å². The van der Waals surface area contributed by atoms with Gasteiger partial charge in [-0.1, -0.05) is 50.0 Å². The van der Waals surface area contributed by atoms with Crippen LogP contribution in [-0.4, -0.2) is 33.7 Å². The second-order valence-corrected chi connectivity index (χ2v) is 11.3. The van der Waals surface area contributed by atoms with E-state index in [1.807, 2.05) is 27.7 Å². The first kappa shape index (κ1) is 31.3. The Balaban J connectivity index is 0.000000360. The summed E-state index contributed by atoms with van der Waals surface area (Å²) >= 11 is 0. The average molecular weight is 501 g/mol. The molecule has 0 saturated heterocycles.